The SMILES string of the molecule is CCc1ccc(C(Cc2cccc(Cl)c2Cl)NC)o1. The van der Waals surface area contributed by atoms with Gasteiger partial charge in [0.05, 0.1) is 16.1 Å². The average molecular weight is 298 g/mol. The summed E-state index contributed by atoms with van der Waals surface area (Å²) in [6, 6.07) is 9.82. The van der Waals surface area contributed by atoms with Crippen LogP contribution in [0.5, 0.6) is 0 Å². The summed E-state index contributed by atoms with van der Waals surface area (Å²) in [5.74, 6) is 1.92. The molecule has 1 N–H and O–H groups in total. The first-order valence-corrected chi connectivity index (χ1v) is 7.10. The first kappa shape index (κ1) is 14.4. The van der Waals surface area contributed by atoms with E-state index in [9.17, 15) is 0 Å². The molecule has 0 fully saturated rings. The van der Waals surface area contributed by atoms with Gasteiger partial charge in [0.1, 0.15) is 11.5 Å². The molecule has 2 nitrogen and oxygen atoms in total. The summed E-state index contributed by atoms with van der Waals surface area (Å²) in [6.07, 6.45) is 1.64. The number of benzene rings is 1. The molecule has 0 saturated carbocycles. The zero-order valence-corrected chi connectivity index (χ0v) is 12.6. The van der Waals surface area contributed by atoms with Crippen molar-refractivity contribution in [2.75, 3.05) is 7.05 Å². The van der Waals surface area contributed by atoms with Crippen molar-refractivity contribution in [1.29, 1.82) is 0 Å². The third-order valence-corrected chi connectivity index (χ3v) is 4.04. The van der Waals surface area contributed by atoms with E-state index < -0.39 is 0 Å². The standard InChI is InChI=1S/C15H17Cl2NO/c1-3-11-7-8-14(19-11)13(18-2)9-10-5-4-6-12(16)15(10)17/h4-8,13,18H,3,9H2,1-2H3. The smallest absolute Gasteiger partial charge is 0.121 e. The number of rotatable bonds is 5. The third kappa shape index (κ3) is 3.33. The average Bonchev–Trinajstić information content (AvgIpc) is 2.89. The van der Waals surface area contributed by atoms with Crippen LogP contribution in [0, 0.1) is 0 Å². The Morgan fingerprint density at radius 2 is 2.00 bits per heavy atom. The maximum atomic E-state index is 6.22. The van der Waals surface area contributed by atoms with Crippen LogP contribution in [0.2, 0.25) is 10.0 Å². The molecule has 1 heterocycles. The topological polar surface area (TPSA) is 25.2 Å². The summed E-state index contributed by atoms with van der Waals surface area (Å²) < 4.78 is 5.79. The summed E-state index contributed by atoms with van der Waals surface area (Å²) in [5.41, 5.74) is 1.02. The monoisotopic (exact) mass is 297 g/mol. The van der Waals surface area contributed by atoms with Gasteiger partial charge in [0.2, 0.25) is 0 Å². The third-order valence-electron chi connectivity index (χ3n) is 3.18. The highest BCUT2D eigenvalue weighted by Gasteiger charge is 2.16. The van der Waals surface area contributed by atoms with Crippen molar-refractivity contribution in [3.05, 3.63) is 57.5 Å². The van der Waals surface area contributed by atoms with Crippen molar-refractivity contribution < 1.29 is 4.42 Å². The Morgan fingerprint density at radius 3 is 2.63 bits per heavy atom. The molecule has 0 aliphatic heterocycles. The molecule has 1 aromatic heterocycles. The van der Waals surface area contributed by atoms with Crippen LogP contribution in [0.25, 0.3) is 0 Å². The Bertz CT molecular complexity index is 551. The Morgan fingerprint density at radius 1 is 1.21 bits per heavy atom. The normalized spacial score (nSPS) is 12.6. The molecule has 0 spiro atoms. The molecule has 0 saturated heterocycles. The fraction of sp³-hybridized carbons (Fsp3) is 0.333. The molecule has 19 heavy (non-hydrogen) atoms. The summed E-state index contributed by atoms with van der Waals surface area (Å²) in [7, 11) is 1.91. The van der Waals surface area contributed by atoms with Gasteiger partial charge in [-0.2, -0.15) is 0 Å². The highest BCUT2D eigenvalue weighted by Crippen LogP contribution is 2.29. The van der Waals surface area contributed by atoms with E-state index >= 15 is 0 Å². The zero-order chi connectivity index (χ0) is 13.8. The molecular weight excluding hydrogens is 281 g/mol. The molecule has 102 valence electrons. The molecule has 0 aliphatic carbocycles. The van der Waals surface area contributed by atoms with Crippen LogP contribution < -0.4 is 5.32 Å². The van der Waals surface area contributed by atoms with E-state index in [4.69, 9.17) is 27.6 Å². The Kier molecular flexibility index (Phi) is 4.92. The first-order valence-electron chi connectivity index (χ1n) is 6.34. The maximum Gasteiger partial charge on any atom is 0.121 e. The summed E-state index contributed by atoms with van der Waals surface area (Å²) >= 11 is 12.3. The van der Waals surface area contributed by atoms with E-state index in [1.807, 2.05) is 31.3 Å². The minimum Gasteiger partial charge on any atom is -0.464 e. The summed E-state index contributed by atoms with van der Waals surface area (Å²) in [6.45, 7) is 2.07. The van der Waals surface area contributed by atoms with Crippen LogP contribution in [-0.4, -0.2) is 7.05 Å². The molecule has 0 bridgehead atoms. The Balaban J connectivity index is 2.21. The van der Waals surface area contributed by atoms with E-state index in [0.717, 1.165) is 29.9 Å². The van der Waals surface area contributed by atoms with Crippen molar-refractivity contribution in [3.8, 4) is 0 Å². The predicted octanol–water partition coefficient (Wildman–Crippen LogP) is 4.65. The quantitative estimate of drug-likeness (QED) is 0.869. The van der Waals surface area contributed by atoms with E-state index in [2.05, 4.69) is 12.2 Å². The molecule has 4 heteroatoms. The number of hydrogen-bond acceptors (Lipinski definition) is 2. The van der Waals surface area contributed by atoms with Gasteiger partial charge in [0, 0.05) is 6.42 Å². The second-order valence-corrected chi connectivity index (χ2v) is 5.20. The van der Waals surface area contributed by atoms with Crippen molar-refractivity contribution in [3.63, 3.8) is 0 Å². The van der Waals surface area contributed by atoms with Crippen LogP contribution in [0.3, 0.4) is 0 Å². The number of aryl methyl sites for hydroxylation is 1. The van der Waals surface area contributed by atoms with Crippen LogP contribution in [-0.2, 0) is 12.8 Å². The largest absolute Gasteiger partial charge is 0.464 e. The van der Waals surface area contributed by atoms with E-state index in [1.165, 1.54) is 0 Å². The number of nitrogens with one attached hydrogen (secondary N) is 1. The van der Waals surface area contributed by atoms with E-state index in [-0.39, 0.29) is 6.04 Å². The molecule has 2 rings (SSSR count). The lowest BCUT2D eigenvalue weighted by molar-refractivity contribution is 0.407. The molecule has 0 aliphatic rings. The molecule has 0 radical (unpaired) electrons. The highest BCUT2D eigenvalue weighted by molar-refractivity contribution is 6.42. The molecular formula is C15H17Cl2NO. The van der Waals surface area contributed by atoms with Crippen LogP contribution in [0.4, 0.5) is 0 Å². The Labute approximate surface area is 123 Å². The number of likely N-dealkylation sites (N-methyl/N-ethyl adjacent to an activating group) is 1. The van der Waals surface area contributed by atoms with Gasteiger partial charge in [-0.1, -0.05) is 42.3 Å². The second kappa shape index (κ2) is 6.47. The van der Waals surface area contributed by atoms with Gasteiger partial charge in [-0.25, -0.2) is 0 Å². The van der Waals surface area contributed by atoms with E-state index in [1.54, 1.807) is 6.07 Å². The van der Waals surface area contributed by atoms with Gasteiger partial charge >= 0.3 is 0 Å². The van der Waals surface area contributed by atoms with Gasteiger partial charge in [-0.3, -0.25) is 0 Å². The van der Waals surface area contributed by atoms with Crippen LogP contribution >= 0.6 is 23.2 Å². The van der Waals surface area contributed by atoms with Crippen molar-refractivity contribution in [1.82, 2.24) is 5.32 Å². The molecule has 2 aromatic rings. The molecule has 1 aromatic carbocycles. The fourth-order valence-corrected chi connectivity index (χ4v) is 2.44. The second-order valence-electron chi connectivity index (χ2n) is 4.42. The highest BCUT2D eigenvalue weighted by atomic mass is 35.5. The van der Waals surface area contributed by atoms with Crippen LogP contribution in [0.15, 0.2) is 34.7 Å². The first-order chi connectivity index (χ1) is 9.15. The lowest BCUT2D eigenvalue weighted by Gasteiger charge is -2.15. The number of furan rings is 1. The minimum absolute atomic E-state index is 0.0938. The maximum absolute atomic E-state index is 6.22. The van der Waals surface area contributed by atoms with Gasteiger partial charge in [0.15, 0.2) is 0 Å². The molecule has 1 atom stereocenters. The van der Waals surface area contributed by atoms with Gasteiger partial charge < -0.3 is 9.73 Å². The van der Waals surface area contributed by atoms with Crippen molar-refractivity contribution >= 4 is 23.2 Å². The number of halogens is 2. The van der Waals surface area contributed by atoms with Crippen LogP contribution in [0.1, 0.15) is 30.0 Å². The molecule has 1 unspecified atom stereocenters. The number of hydrogen-bond donors (Lipinski definition) is 1. The van der Waals surface area contributed by atoms with E-state index in [0.29, 0.717) is 10.0 Å². The minimum atomic E-state index is 0.0938. The lowest BCUT2D eigenvalue weighted by Crippen LogP contribution is -2.18. The predicted molar refractivity (Wildman–Crippen MR) is 80.1 cm³/mol. The fourth-order valence-electron chi connectivity index (χ4n) is 2.04. The zero-order valence-electron chi connectivity index (χ0n) is 11.0. The van der Waals surface area contributed by atoms with Crippen molar-refractivity contribution in [2.24, 2.45) is 0 Å². The van der Waals surface area contributed by atoms with Gasteiger partial charge in [-0.05, 0) is 37.2 Å². The lowest BCUT2D eigenvalue weighted by atomic mass is 10.0. The van der Waals surface area contributed by atoms with Gasteiger partial charge in [-0.15, -0.1) is 0 Å². The Hall–Kier alpha value is -0.960. The molecule has 0 amide bonds. The summed E-state index contributed by atoms with van der Waals surface area (Å²) in [5, 5.41) is 4.46. The van der Waals surface area contributed by atoms with Crippen molar-refractivity contribution in [2.45, 2.75) is 25.8 Å². The van der Waals surface area contributed by atoms with Gasteiger partial charge in [0.25, 0.3) is 0 Å². The summed E-state index contributed by atoms with van der Waals surface area (Å²) in [4.78, 5) is 0.